The van der Waals surface area contributed by atoms with Crippen LogP contribution in [0.15, 0.2) is 15.6 Å². The molecule has 6 heteroatoms. The summed E-state index contributed by atoms with van der Waals surface area (Å²) >= 11 is 3.24. The zero-order chi connectivity index (χ0) is 12.6. The lowest BCUT2D eigenvalue weighted by molar-refractivity contribution is 0.791. The molecule has 0 aliphatic rings. The first-order chi connectivity index (χ1) is 8.06. The molecule has 0 aliphatic heterocycles. The van der Waals surface area contributed by atoms with Crippen LogP contribution in [0.4, 0.5) is 0 Å². The molecule has 5 nitrogen and oxygen atoms in total. The second kappa shape index (κ2) is 4.44. The maximum Gasteiger partial charge on any atom is 0.267 e. The van der Waals surface area contributed by atoms with Gasteiger partial charge in [-0.2, -0.15) is 5.10 Å². The van der Waals surface area contributed by atoms with E-state index in [0.717, 1.165) is 17.8 Å². The molecule has 0 saturated heterocycles. The average molecular weight is 297 g/mol. The molecule has 2 aromatic rings. The van der Waals surface area contributed by atoms with Crippen LogP contribution in [0.5, 0.6) is 0 Å². The molecule has 0 unspecified atom stereocenters. The van der Waals surface area contributed by atoms with Gasteiger partial charge in [-0.3, -0.25) is 4.79 Å². The van der Waals surface area contributed by atoms with Crippen LogP contribution in [0.2, 0.25) is 0 Å². The molecule has 2 rings (SSSR count). The molecule has 0 aromatic carbocycles. The Hall–Kier alpha value is -1.43. The van der Waals surface area contributed by atoms with Crippen molar-refractivity contribution >= 4 is 15.9 Å². The van der Waals surface area contributed by atoms with Gasteiger partial charge in [0.1, 0.15) is 4.47 Å². The molecule has 0 fully saturated rings. The normalized spacial score (nSPS) is 10.8. The lowest BCUT2D eigenvalue weighted by atomic mass is 10.1. The summed E-state index contributed by atoms with van der Waals surface area (Å²) in [5, 5.41) is 4.42. The van der Waals surface area contributed by atoms with Gasteiger partial charge in [0, 0.05) is 5.69 Å². The van der Waals surface area contributed by atoms with Crippen molar-refractivity contribution in [1.82, 2.24) is 19.7 Å². The Morgan fingerprint density at radius 1 is 1.47 bits per heavy atom. The standard InChI is InChI=1S/C11H13BrN4O/c1-4-8-6(2)15-16(7(8)3)10-9(12)11(17)14-5-13-10/h5H,4H2,1-3H3,(H,13,14,17). The van der Waals surface area contributed by atoms with Crippen LogP contribution >= 0.6 is 15.9 Å². The van der Waals surface area contributed by atoms with Gasteiger partial charge in [0.15, 0.2) is 5.82 Å². The van der Waals surface area contributed by atoms with Crippen molar-refractivity contribution < 1.29 is 0 Å². The number of hydrogen-bond donors (Lipinski definition) is 1. The maximum absolute atomic E-state index is 11.5. The molecule has 2 aromatic heterocycles. The summed E-state index contributed by atoms with van der Waals surface area (Å²) in [6, 6.07) is 0. The van der Waals surface area contributed by atoms with Gasteiger partial charge in [-0.25, -0.2) is 9.67 Å². The van der Waals surface area contributed by atoms with E-state index in [-0.39, 0.29) is 5.56 Å². The van der Waals surface area contributed by atoms with Crippen LogP contribution in [0.25, 0.3) is 5.82 Å². The number of H-pyrrole nitrogens is 1. The molecular formula is C11H13BrN4O. The van der Waals surface area contributed by atoms with Crippen LogP contribution in [-0.4, -0.2) is 19.7 Å². The van der Waals surface area contributed by atoms with E-state index >= 15 is 0 Å². The van der Waals surface area contributed by atoms with E-state index in [1.807, 2.05) is 13.8 Å². The third kappa shape index (κ3) is 1.93. The van der Waals surface area contributed by atoms with Crippen molar-refractivity contribution in [2.24, 2.45) is 0 Å². The van der Waals surface area contributed by atoms with E-state index in [9.17, 15) is 4.79 Å². The van der Waals surface area contributed by atoms with Crippen LogP contribution in [0, 0.1) is 13.8 Å². The molecule has 0 saturated carbocycles. The van der Waals surface area contributed by atoms with E-state index in [1.54, 1.807) is 4.68 Å². The number of aryl methyl sites for hydroxylation is 1. The minimum atomic E-state index is -0.208. The summed E-state index contributed by atoms with van der Waals surface area (Å²) in [6.07, 6.45) is 2.29. The number of aromatic nitrogens is 4. The van der Waals surface area contributed by atoms with Crippen molar-refractivity contribution in [1.29, 1.82) is 0 Å². The Labute approximate surface area is 107 Å². The Morgan fingerprint density at radius 3 is 2.76 bits per heavy atom. The SMILES string of the molecule is CCc1c(C)nn(-c2nc[nH]c(=O)c2Br)c1C. The number of nitrogens with one attached hydrogen (secondary N) is 1. The topological polar surface area (TPSA) is 63.6 Å². The van der Waals surface area contributed by atoms with E-state index in [2.05, 4.69) is 37.9 Å². The largest absolute Gasteiger partial charge is 0.312 e. The smallest absolute Gasteiger partial charge is 0.267 e. The molecule has 0 radical (unpaired) electrons. The highest BCUT2D eigenvalue weighted by molar-refractivity contribution is 9.10. The highest BCUT2D eigenvalue weighted by Gasteiger charge is 2.15. The summed E-state index contributed by atoms with van der Waals surface area (Å²) in [5.74, 6) is 0.522. The summed E-state index contributed by atoms with van der Waals surface area (Å²) in [5.41, 5.74) is 2.97. The van der Waals surface area contributed by atoms with E-state index in [4.69, 9.17) is 0 Å². The van der Waals surface area contributed by atoms with Crippen LogP contribution < -0.4 is 5.56 Å². The third-order valence-electron chi connectivity index (χ3n) is 2.77. The quantitative estimate of drug-likeness (QED) is 0.920. The maximum atomic E-state index is 11.5. The van der Waals surface area contributed by atoms with Gasteiger partial charge < -0.3 is 4.98 Å². The molecule has 1 N–H and O–H groups in total. The number of nitrogens with zero attached hydrogens (tertiary/aromatic N) is 3. The highest BCUT2D eigenvalue weighted by Crippen LogP contribution is 2.20. The summed E-state index contributed by atoms with van der Waals surface area (Å²) in [6.45, 7) is 6.03. The zero-order valence-corrected chi connectivity index (χ0v) is 11.5. The van der Waals surface area contributed by atoms with Gasteiger partial charge in [-0.05, 0) is 41.8 Å². The fourth-order valence-corrected chi connectivity index (χ4v) is 2.30. The Balaban J connectivity index is 2.69. The van der Waals surface area contributed by atoms with Crippen LogP contribution in [0.1, 0.15) is 23.9 Å². The molecular weight excluding hydrogens is 284 g/mol. The second-order valence-corrected chi connectivity index (χ2v) is 4.58. The van der Waals surface area contributed by atoms with Gasteiger partial charge in [0.05, 0.1) is 12.0 Å². The molecule has 0 atom stereocenters. The zero-order valence-electron chi connectivity index (χ0n) is 9.91. The predicted octanol–water partition coefficient (Wildman–Crippen LogP) is 1.90. The van der Waals surface area contributed by atoms with Gasteiger partial charge >= 0.3 is 0 Å². The van der Waals surface area contributed by atoms with Crippen molar-refractivity contribution in [2.45, 2.75) is 27.2 Å². The second-order valence-electron chi connectivity index (χ2n) is 3.78. The van der Waals surface area contributed by atoms with Crippen LogP contribution in [-0.2, 0) is 6.42 Å². The monoisotopic (exact) mass is 296 g/mol. The minimum absolute atomic E-state index is 0.208. The summed E-state index contributed by atoms with van der Waals surface area (Å²) in [7, 11) is 0. The van der Waals surface area contributed by atoms with Crippen molar-refractivity contribution in [3.8, 4) is 5.82 Å². The van der Waals surface area contributed by atoms with Crippen molar-refractivity contribution in [2.75, 3.05) is 0 Å². The van der Waals surface area contributed by atoms with Crippen molar-refractivity contribution in [3.05, 3.63) is 38.1 Å². The molecule has 17 heavy (non-hydrogen) atoms. The van der Waals surface area contributed by atoms with Gasteiger partial charge in [0.2, 0.25) is 0 Å². The number of rotatable bonds is 2. The highest BCUT2D eigenvalue weighted by atomic mass is 79.9. The molecule has 90 valence electrons. The Kier molecular flexibility index (Phi) is 3.15. The predicted molar refractivity (Wildman–Crippen MR) is 68.5 cm³/mol. The lowest BCUT2D eigenvalue weighted by Crippen LogP contribution is -2.13. The van der Waals surface area contributed by atoms with Gasteiger partial charge in [-0.15, -0.1) is 0 Å². The Bertz CT molecular complexity index is 614. The molecule has 0 spiro atoms. The fourth-order valence-electron chi connectivity index (χ4n) is 1.91. The summed E-state index contributed by atoms with van der Waals surface area (Å²) in [4.78, 5) is 18.2. The Morgan fingerprint density at radius 2 is 2.18 bits per heavy atom. The number of hydrogen-bond acceptors (Lipinski definition) is 3. The fraction of sp³-hybridized carbons (Fsp3) is 0.364. The first kappa shape index (κ1) is 12.0. The number of aromatic amines is 1. The first-order valence-corrected chi connectivity index (χ1v) is 6.14. The molecule has 2 heterocycles. The van der Waals surface area contributed by atoms with Crippen molar-refractivity contribution in [3.63, 3.8) is 0 Å². The summed E-state index contributed by atoms with van der Waals surface area (Å²) < 4.78 is 2.10. The van der Waals surface area contributed by atoms with E-state index in [1.165, 1.54) is 11.9 Å². The minimum Gasteiger partial charge on any atom is -0.312 e. The van der Waals surface area contributed by atoms with Crippen LogP contribution in [0.3, 0.4) is 0 Å². The van der Waals surface area contributed by atoms with E-state index in [0.29, 0.717) is 10.3 Å². The first-order valence-electron chi connectivity index (χ1n) is 5.35. The van der Waals surface area contributed by atoms with Gasteiger partial charge in [-0.1, -0.05) is 6.92 Å². The average Bonchev–Trinajstić information content (AvgIpc) is 2.58. The number of halogens is 1. The van der Waals surface area contributed by atoms with E-state index < -0.39 is 0 Å². The lowest BCUT2D eigenvalue weighted by Gasteiger charge is -2.04. The molecule has 0 amide bonds. The third-order valence-corrected chi connectivity index (χ3v) is 3.49. The molecule has 0 bridgehead atoms. The van der Waals surface area contributed by atoms with Gasteiger partial charge in [0.25, 0.3) is 5.56 Å². The molecule has 0 aliphatic carbocycles.